The van der Waals surface area contributed by atoms with Crippen LogP contribution in [0.5, 0.6) is 0 Å². The molecule has 2 N–H and O–H groups in total. The Labute approximate surface area is 109 Å². The van der Waals surface area contributed by atoms with Gasteiger partial charge in [-0.2, -0.15) is 0 Å². The Morgan fingerprint density at radius 3 is 2.83 bits per heavy atom. The van der Waals surface area contributed by atoms with Gasteiger partial charge < -0.3 is 19.5 Å². The van der Waals surface area contributed by atoms with Crippen molar-refractivity contribution in [2.24, 2.45) is 0 Å². The molecule has 0 aromatic carbocycles. The third-order valence-electron chi connectivity index (χ3n) is 2.24. The Bertz CT molecular complexity index is 383. The molecule has 1 rings (SSSR count). The standard InChI is InChI=1S/C10H17N3O4S/c1-17-5-3-2-4-13-8(6-14)11-12-10(13)18-7-9(15)16/h14H,2-7H2,1H3,(H,15,16). The first kappa shape index (κ1) is 14.9. The molecule has 7 nitrogen and oxygen atoms in total. The number of carboxylic acids is 1. The van der Waals surface area contributed by atoms with Gasteiger partial charge in [0.25, 0.3) is 0 Å². The van der Waals surface area contributed by atoms with E-state index in [0.717, 1.165) is 24.6 Å². The number of methoxy groups -OCH3 is 1. The van der Waals surface area contributed by atoms with E-state index in [-0.39, 0.29) is 12.4 Å². The molecule has 0 spiro atoms. The number of carbonyl (C=O) groups is 1. The maximum Gasteiger partial charge on any atom is 0.313 e. The van der Waals surface area contributed by atoms with E-state index in [9.17, 15) is 4.79 Å². The van der Waals surface area contributed by atoms with Gasteiger partial charge in [0.15, 0.2) is 11.0 Å². The first-order chi connectivity index (χ1) is 8.69. The molecule has 0 aliphatic heterocycles. The van der Waals surface area contributed by atoms with Gasteiger partial charge in [-0.15, -0.1) is 10.2 Å². The van der Waals surface area contributed by atoms with Crippen molar-refractivity contribution in [1.82, 2.24) is 14.8 Å². The molecule has 1 aromatic heterocycles. The van der Waals surface area contributed by atoms with Crippen molar-refractivity contribution < 1.29 is 19.7 Å². The first-order valence-electron chi connectivity index (χ1n) is 5.55. The number of aliphatic carboxylic acids is 1. The summed E-state index contributed by atoms with van der Waals surface area (Å²) in [6.07, 6.45) is 1.75. The van der Waals surface area contributed by atoms with E-state index in [1.807, 2.05) is 0 Å². The lowest BCUT2D eigenvalue weighted by Gasteiger charge is -2.08. The van der Waals surface area contributed by atoms with Gasteiger partial charge in [0.05, 0.1) is 5.75 Å². The number of thioether (sulfide) groups is 1. The predicted molar refractivity (Wildman–Crippen MR) is 65.4 cm³/mol. The molecule has 1 heterocycles. The topological polar surface area (TPSA) is 97.5 Å². The van der Waals surface area contributed by atoms with Gasteiger partial charge in [0.1, 0.15) is 6.61 Å². The van der Waals surface area contributed by atoms with E-state index in [4.69, 9.17) is 14.9 Å². The lowest BCUT2D eigenvalue weighted by atomic mass is 10.3. The van der Waals surface area contributed by atoms with Gasteiger partial charge in [-0.05, 0) is 12.8 Å². The largest absolute Gasteiger partial charge is 0.481 e. The number of hydrogen-bond donors (Lipinski definition) is 2. The number of aliphatic hydroxyl groups excluding tert-OH is 1. The highest BCUT2D eigenvalue weighted by Gasteiger charge is 2.12. The monoisotopic (exact) mass is 275 g/mol. The molecule has 0 unspecified atom stereocenters. The van der Waals surface area contributed by atoms with Gasteiger partial charge in [-0.1, -0.05) is 11.8 Å². The van der Waals surface area contributed by atoms with Gasteiger partial charge in [-0.25, -0.2) is 0 Å². The van der Waals surface area contributed by atoms with Crippen LogP contribution >= 0.6 is 11.8 Å². The van der Waals surface area contributed by atoms with Crippen LogP contribution in [0.4, 0.5) is 0 Å². The summed E-state index contributed by atoms with van der Waals surface area (Å²) in [4.78, 5) is 10.5. The SMILES string of the molecule is COCCCCn1c(CO)nnc1SCC(=O)O. The van der Waals surface area contributed by atoms with E-state index in [2.05, 4.69) is 10.2 Å². The minimum absolute atomic E-state index is 0.0678. The second-order valence-corrected chi connectivity index (χ2v) is 4.53. The van der Waals surface area contributed by atoms with Crippen molar-refractivity contribution in [3.8, 4) is 0 Å². The quantitative estimate of drug-likeness (QED) is 0.496. The highest BCUT2D eigenvalue weighted by atomic mass is 32.2. The normalized spacial score (nSPS) is 10.8. The molecule has 0 amide bonds. The number of aromatic nitrogens is 3. The Balaban J connectivity index is 2.60. The van der Waals surface area contributed by atoms with Crippen LogP contribution in [0.1, 0.15) is 18.7 Å². The molecule has 18 heavy (non-hydrogen) atoms. The van der Waals surface area contributed by atoms with Crippen LogP contribution in [0.3, 0.4) is 0 Å². The molecule has 1 aromatic rings. The number of carboxylic acid groups (broad SMARTS) is 1. The van der Waals surface area contributed by atoms with Crippen molar-refractivity contribution in [2.45, 2.75) is 31.1 Å². The van der Waals surface area contributed by atoms with E-state index in [1.165, 1.54) is 0 Å². The fourth-order valence-electron chi connectivity index (χ4n) is 1.41. The summed E-state index contributed by atoms with van der Waals surface area (Å²) in [7, 11) is 1.64. The third kappa shape index (κ3) is 4.63. The summed E-state index contributed by atoms with van der Waals surface area (Å²) < 4.78 is 6.71. The smallest absolute Gasteiger partial charge is 0.313 e. The van der Waals surface area contributed by atoms with Crippen LogP contribution < -0.4 is 0 Å². The molecule has 0 atom stereocenters. The summed E-state index contributed by atoms with van der Waals surface area (Å²) in [6.45, 7) is 1.12. The average molecular weight is 275 g/mol. The minimum atomic E-state index is -0.903. The number of unbranched alkanes of at least 4 members (excludes halogenated alkanes) is 1. The molecule has 0 aliphatic rings. The van der Waals surface area contributed by atoms with Crippen LogP contribution in [0.2, 0.25) is 0 Å². The Kier molecular flexibility index (Phi) is 6.69. The number of hydrogen-bond acceptors (Lipinski definition) is 6. The summed E-state index contributed by atoms with van der Waals surface area (Å²) >= 11 is 1.10. The molecular formula is C10H17N3O4S. The number of nitrogens with zero attached hydrogens (tertiary/aromatic N) is 3. The van der Waals surface area contributed by atoms with Crippen molar-refractivity contribution in [3.05, 3.63) is 5.82 Å². The van der Waals surface area contributed by atoms with E-state index >= 15 is 0 Å². The van der Waals surface area contributed by atoms with Crippen molar-refractivity contribution in [2.75, 3.05) is 19.5 Å². The Hall–Kier alpha value is -1.12. The van der Waals surface area contributed by atoms with E-state index in [0.29, 0.717) is 24.1 Å². The number of rotatable bonds is 9. The Morgan fingerprint density at radius 1 is 1.44 bits per heavy atom. The maximum absolute atomic E-state index is 10.5. The molecule has 102 valence electrons. The summed E-state index contributed by atoms with van der Waals surface area (Å²) in [5.41, 5.74) is 0. The van der Waals surface area contributed by atoms with E-state index in [1.54, 1.807) is 11.7 Å². The zero-order chi connectivity index (χ0) is 13.4. The molecule has 0 saturated heterocycles. The van der Waals surface area contributed by atoms with Gasteiger partial charge in [0, 0.05) is 20.3 Å². The van der Waals surface area contributed by atoms with Gasteiger partial charge >= 0.3 is 5.97 Å². The van der Waals surface area contributed by atoms with Gasteiger partial charge in [-0.3, -0.25) is 4.79 Å². The summed E-state index contributed by atoms with van der Waals surface area (Å²) in [5.74, 6) is -0.512. The predicted octanol–water partition coefficient (Wildman–Crippen LogP) is 0.374. The molecule has 8 heteroatoms. The first-order valence-corrected chi connectivity index (χ1v) is 6.54. The van der Waals surface area contributed by atoms with Gasteiger partial charge in [0.2, 0.25) is 0 Å². The third-order valence-corrected chi connectivity index (χ3v) is 3.19. The zero-order valence-corrected chi connectivity index (χ0v) is 11.0. The van der Waals surface area contributed by atoms with Crippen LogP contribution in [-0.2, 0) is 22.7 Å². The highest BCUT2D eigenvalue weighted by Crippen LogP contribution is 2.17. The average Bonchev–Trinajstić information content (AvgIpc) is 2.74. The summed E-state index contributed by atoms with van der Waals surface area (Å²) in [5, 5.41) is 26.0. The lowest BCUT2D eigenvalue weighted by Crippen LogP contribution is -2.08. The maximum atomic E-state index is 10.5. The van der Waals surface area contributed by atoms with Crippen LogP contribution in [0.15, 0.2) is 5.16 Å². The second-order valence-electron chi connectivity index (χ2n) is 3.59. The van der Waals surface area contributed by atoms with Crippen LogP contribution in [0, 0.1) is 0 Å². The number of aliphatic hydroxyl groups is 1. The lowest BCUT2D eigenvalue weighted by molar-refractivity contribution is -0.133. The Morgan fingerprint density at radius 2 is 2.22 bits per heavy atom. The zero-order valence-electron chi connectivity index (χ0n) is 10.2. The number of ether oxygens (including phenoxy) is 1. The van der Waals surface area contributed by atoms with Crippen molar-refractivity contribution in [1.29, 1.82) is 0 Å². The molecule has 0 bridgehead atoms. The molecule has 0 fully saturated rings. The fourth-order valence-corrected chi connectivity index (χ4v) is 2.11. The molecule has 0 aliphatic carbocycles. The molecule has 0 saturated carbocycles. The van der Waals surface area contributed by atoms with E-state index < -0.39 is 5.97 Å². The van der Waals surface area contributed by atoms with Crippen LogP contribution in [-0.4, -0.2) is 50.4 Å². The highest BCUT2D eigenvalue weighted by molar-refractivity contribution is 7.99. The summed E-state index contributed by atoms with van der Waals surface area (Å²) in [6, 6.07) is 0. The van der Waals surface area contributed by atoms with Crippen molar-refractivity contribution in [3.63, 3.8) is 0 Å². The fraction of sp³-hybridized carbons (Fsp3) is 0.700. The minimum Gasteiger partial charge on any atom is -0.481 e. The molecular weight excluding hydrogens is 258 g/mol. The second kappa shape index (κ2) is 8.06. The van der Waals surface area contributed by atoms with Crippen molar-refractivity contribution >= 4 is 17.7 Å². The van der Waals surface area contributed by atoms with Crippen LogP contribution in [0.25, 0.3) is 0 Å². The molecule has 0 radical (unpaired) electrons.